The van der Waals surface area contributed by atoms with E-state index >= 15 is 0 Å². The summed E-state index contributed by atoms with van der Waals surface area (Å²) in [4.78, 5) is 0. The Morgan fingerprint density at radius 2 is 1.74 bits per heavy atom. The third-order valence-electron chi connectivity index (χ3n) is 3.56. The van der Waals surface area contributed by atoms with Crippen LogP contribution < -0.4 is 5.73 Å². The highest BCUT2D eigenvalue weighted by Crippen LogP contribution is 2.25. The van der Waals surface area contributed by atoms with Gasteiger partial charge in [0, 0.05) is 5.69 Å². The van der Waals surface area contributed by atoms with Crippen molar-refractivity contribution in [3.05, 3.63) is 64.7 Å². The molecular formula is C18H23N. The van der Waals surface area contributed by atoms with Gasteiger partial charge in [0.05, 0.1) is 0 Å². The normalized spacial score (nSPS) is 11.6. The summed E-state index contributed by atoms with van der Waals surface area (Å²) in [5.74, 6) is 0. The molecule has 0 heterocycles. The summed E-state index contributed by atoms with van der Waals surface area (Å²) in [5, 5.41) is 0. The Balaban J connectivity index is 2.34. The van der Waals surface area contributed by atoms with Crippen molar-refractivity contribution >= 4 is 5.69 Å². The van der Waals surface area contributed by atoms with Gasteiger partial charge in [-0.2, -0.15) is 0 Å². The van der Waals surface area contributed by atoms with Crippen LogP contribution in [0.15, 0.2) is 42.5 Å². The third kappa shape index (κ3) is 3.37. The second-order valence-corrected chi connectivity index (χ2v) is 6.31. The van der Waals surface area contributed by atoms with Crippen LogP contribution in [0.25, 0.3) is 0 Å². The molecule has 0 saturated heterocycles. The van der Waals surface area contributed by atoms with Crippen molar-refractivity contribution < 1.29 is 0 Å². The molecule has 0 saturated carbocycles. The fourth-order valence-corrected chi connectivity index (χ4v) is 2.25. The lowest BCUT2D eigenvalue weighted by Gasteiger charge is -2.21. The highest BCUT2D eigenvalue weighted by Gasteiger charge is 2.14. The van der Waals surface area contributed by atoms with Gasteiger partial charge in [-0.25, -0.2) is 0 Å². The average Bonchev–Trinajstić information content (AvgIpc) is 2.30. The van der Waals surface area contributed by atoms with Crippen molar-refractivity contribution in [2.75, 3.05) is 5.73 Å². The zero-order valence-electron chi connectivity index (χ0n) is 12.3. The van der Waals surface area contributed by atoms with Crippen molar-refractivity contribution in [2.24, 2.45) is 0 Å². The molecule has 100 valence electrons. The minimum atomic E-state index is 0.193. The van der Waals surface area contributed by atoms with Crippen LogP contribution in [0.2, 0.25) is 0 Å². The Labute approximate surface area is 116 Å². The van der Waals surface area contributed by atoms with Crippen molar-refractivity contribution in [1.29, 1.82) is 0 Å². The molecule has 0 bridgehead atoms. The molecule has 0 spiro atoms. The predicted octanol–water partition coefficient (Wildman–Crippen LogP) is 4.47. The fourth-order valence-electron chi connectivity index (χ4n) is 2.25. The molecule has 2 aromatic carbocycles. The Morgan fingerprint density at radius 1 is 1.00 bits per heavy atom. The highest BCUT2D eigenvalue weighted by molar-refractivity contribution is 5.44. The molecule has 2 rings (SSSR count). The molecule has 1 heteroatoms. The van der Waals surface area contributed by atoms with Gasteiger partial charge < -0.3 is 5.73 Å². The van der Waals surface area contributed by atoms with Crippen LogP contribution in [0, 0.1) is 6.92 Å². The Bertz CT molecular complexity index is 576. The second kappa shape index (κ2) is 5.08. The van der Waals surface area contributed by atoms with Gasteiger partial charge in [-0.1, -0.05) is 51.1 Å². The van der Waals surface area contributed by atoms with Gasteiger partial charge in [0.2, 0.25) is 0 Å². The molecule has 0 fully saturated rings. The molecule has 0 aliphatic heterocycles. The molecule has 19 heavy (non-hydrogen) atoms. The summed E-state index contributed by atoms with van der Waals surface area (Å²) in [5.41, 5.74) is 12.3. The first kappa shape index (κ1) is 13.7. The molecule has 0 aliphatic rings. The number of nitrogens with two attached hydrogens (primary N) is 1. The predicted molar refractivity (Wildman–Crippen MR) is 83.5 cm³/mol. The van der Waals surface area contributed by atoms with E-state index in [1.807, 2.05) is 12.1 Å². The van der Waals surface area contributed by atoms with Crippen LogP contribution in [0.1, 0.15) is 43.0 Å². The summed E-state index contributed by atoms with van der Waals surface area (Å²) in [6.45, 7) is 8.93. The van der Waals surface area contributed by atoms with Gasteiger partial charge in [0.15, 0.2) is 0 Å². The minimum absolute atomic E-state index is 0.193. The molecule has 2 aromatic rings. The number of nitrogen functional groups attached to an aromatic ring is 1. The van der Waals surface area contributed by atoms with Gasteiger partial charge in [-0.05, 0) is 53.1 Å². The van der Waals surface area contributed by atoms with Crippen LogP contribution >= 0.6 is 0 Å². The number of anilines is 1. The quantitative estimate of drug-likeness (QED) is 0.785. The lowest BCUT2D eigenvalue weighted by Crippen LogP contribution is -2.11. The molecule has 0 radical (unpaired) electrons. The summed E-state index contributed by atoms with van der Waals surface area (Å²) in [7, 11) is 0. The average molecular weight is 253 g/mol. The standard InChI is InChI=1S/C18H23N/c1-13-8-9-16(18(2,3)4)12-15(13)10-14-6-5-7-17(19)11-14/h5-9,11-12H,10,19H2,1-4H3. The summed E-state index contributed by atoms with van der Waals surface area (Å²) in [6.07, 6.45) is 0.945. The van der Waals surface area contributed by atoms with Gasteiger partial charge in [-0.3, -0.25) is 0 Å². The van der Waals surface area contributed by atoms with E-state index in [4.69, 9.17) is 5.73 Å². The van der Waals surface area contributed by atoms with Crippen molar-refractivity contribution in [3.63, 3.8) is 0 Å². The SMILES string of the molecule is Cc1ccc(C(C)(C)C)cc1Cc1cccc(N)c1. The minimum Gasteiger partial charge on any atom is -0.399 e. The molecule has 0 atom stereocenters. The van der Waals surface area contributed by atoms with E-state index in [9.17, 15) is 0 Å². The van der Waals surface area contributed by atoms with Crippen LogP contribution in [0.3, 0.4) is 0 Å². The maximum atomic E-state index is 5.85. The van der Waals surface area contributed by atoms with E-state index in [0.717, 1.165) is 12.1 Å². The third-order valence-corrected chi connectivity index (χ3v) is 3.56. The van der Waals surface area contributed by atoms with Gasteiger partial charge in [0.1, 0.15) is 0 Å². The zero-order valence-corrected chi connectivity index (χ0v) is 12.3. The van der Waals surface area contributed by atoms with Crippen molar-refractivity contribution in [1.82, 2.24) is 0 Å². The van der Waals surface area contributed by atoms with Crippen LogP contribution in [-0.2, 0) is 11.8 Å². The van der Waals surface area contributed by atoms with E-state index in [-0.39, 0.29) is 5.41 Å². The number of hydrogen-bond donors (Lipinski definition) is 1. The Kier molecular flexibility index (Phi) is 3.66. The highest BCUT2D eigenvalue weighted by atomic mass is 14.5. The van der Waals surface area contributed by atoms with Crippen LogP contribution in [-0.4, -0.2) is 0 Å². The first-order chi connectivity index (χ1) is 8.86. The largest absolute Gasteiger partial charge is 0.399 e. The summed E-state index contributed by atoms with van der Waals surface area (Å²) >= 11 is 0. The lowest BCUT2D eigenvalue weighted by molar-refractivity contribution is 0.589. The first-order valence-corrected chi connectivity index (χ1v) is 6.81. The smallest absolute Gasteiger partial charge is 0.0316 e. The molecule has 1 nitrogen and oxygen atoms in total. The van der Waals surface area contributed by atoms with Gasteiger partial charge in [-0.15, -0.1) is 0 Å². The molecule has 0 unspecified atom stereocenters. The van der Waals surface area contributed by atoms with E-state index in [1.54, 1.807) is 0 Å². The Hall–Kier alpha value is -1.76. The fraction of sp³-hybridized carbons (Fsp3) is 0.333. The van der Waals surface area contributed by atoms with Gasteiger partial charge >= 0.3 is 0 Å². The van der Waals surface area contributed by atoms with Crippen LogP contribution in [0.5, 0.6) is 0 Å². The molecular weight excluding hydrogens is 230 g/mol. The lowest BCUT2D eigenvalue weighted by atomic mass is 9.84. The molecule has 0 aliphatic carbocycles. The molecule has 0 aromatic heterocycles. The number of aryl methyl sites for hydroxylation is 1. The van der Waals surface area contributed by atoms with Crippen LogP contribution in [0.4, 0.5) is 5.69 Å². The van der Waals surface area contributed by atoms with Gasteiger partial charge in [0.25, 0.3) is 0 Å². The number of benzene rings is 2. The maximum absolute atomic E-state index is 5.85. The monoisotopic (exact) mass is 253 g/mol. The van der Waals surface area contributed by atoms with E-state index in [2.05, 4.69) is 58.0 Å². The molecule has 2 N–H and O–H groups in total. The van der Waals surface area contributed by atoms with E-state index in [0.29, 0.717) is 0 Å². The second-order valence-electron chi connectivity index (χ2n) is 6.31. The zero-order chi connectivity index (χ0) is 14.0. The summed E-state index contributed by atoms with van der Waals surface area (Å²) < 4.78 is 0. The Morgan fingerprint density at radius 3 is 2.37 bits per heavy atom. The number of rotatable bonds is 2. The first-order valence-electron chi connectivity index (χ1n) is 6.81. The number of hydrogen-bond acceptors (Lipinski definition) is 1. The van der Waals surface area contributed by atoms with Crippen molar-refractivity contribution in [3.8, 4) is 0 Å². The van der Waals surface area contributed by atoms with E-state index < -0.39 is 0 Å². The summed E-state index contributed by atoms with van der Waals surface area (Å²) in [6, 6.07) is 14.9. The molecule has 0 amide bonds. The van der Waals surface area contributed by atoms with E-state index in [1.165, 1.54) is 22.3 Å². The van der Waals surface area contributed by atoms with Crippen molar-refractivity contribution in [2.45, 2.75) is 39.5 Å². The topological polar surface area (TPSA) is 26.0 Å². The maximum Gasteiger partial charge on any atom is 0.0316 e.